The molecule has 1 N–H and O–H groups in total. The van der Waals surface area contributed by atoms with Crippen molar-refractivity contribution < 1.29 is 17.9 Å². The summed E-state index contributed by atoms with van der Waals surface area (Å²) in [7, 11) is -0.753. The number of hydrogen-bond donors (Lipinski definition) is 1. The number of anilines is 1. The zero-order valence-corrected chi connectivity index (χ0v) is 17.8. The van der Waals surface area contributed by atoms with Gasteiger partial charge in [-0.15, -0.1) is 0 Å². The summed E-state index contributed by atoms with van der Waals surface area (Å²) in [4.78, 5) is 12.7. The third-order valence-electron chi connectivity index (χ3n) is 4.63. The van der Waals surface area contributed by atoms with E-state index in [4.69, 9.17) is 4.74 Å². The van der Waals surface area contributed by atoms with E-state index in [1.165, 1.54) is 30.6 Å². The van der Waals surface area contributed by atoms with Crippen LogP contribution in [0.1, 0.15) is 42.6 Å². The molecule has 0 saturated carbocycles. The lowest BCUT2D eigenvalue weighted by Crippen LogP contribution is -2.33. The minimum absolute atomic E-state index is 0.0583. The van der Waals surface area contributed by atoms with E-state index in [1.54, 1.807) is 30.3 Å². The molecule has 1 atom stereocenters. The Bertz CT molecular complexity index is 924. The zero-order chi connectivity index (χ0) is 20.9. The van der Waals surface area contributed by atoms with Crippen LogP contribution >= 0.6 is 0 Å². The number of ether oxygens (including phenoxy) is 1. The maximum Gasteiger partial charge on any atom is 0.264 e. The molecule has 0 aliphatic rings. The molecule has 28 heavy (non-hydrogen) atoms. The molecule has 152 valence electrons. The molecule has 0 fully saturated rings. The predicted octanol–water partition coefficient (Wildman–Crippen LogP) is 3.75. The summed E-state index contributed by atoms with van der Waals surface area (Å²) >= 11 is 0. The van der Waals surface area contributed by atoms with E-state index < -0.39 is 10.0 Å². The van der Waals surface area contributed by atoms with Gasteiger partial charge in [-0.3, -0.25) is 9.10 Å². The number of carbonyl (C=O) groups excluding carboxylic acids is 1. The highest BCUT2D eigenvalue weighted by molar-refractivity contribution is 7.92. The van der Waals surface area contributed by atoms with Gasteiger partial charge in [0.05, 0.1) is 17.7 Å². The number of rotatable bonds is 8. The van der Waals surface area contributed by atoms with Crippen molar-refractivity contribution in [1.29, 1.82) is 0 Å². The van der Waals surface area contributed by atoms with Gasteiger partial charge in [-0.25, -0.2) is 8.42 Å². The van der Waals surface area contributed by atoms with E-state index in [2.05, 4.69) is 12.2 Å². The van der Waals surface area contributed by atoms with E-state index in [-0.39, 0.29) is 16.8 Å². The normalized spacial score (nSPS) is 12.3. The lowest BCUT2D eigenvalue weighted by atomic mass is 10.1. The standard InChI is InChI=1S/C21H28N2O4S/c1-6-7-16(3)22-21(24)17-9-8-15(2)20(14-17)23(4)28(25,26)19-12-10-18(27-5)11-13-19/h8-14,16H,6-7H2,1-5H3,(H,22,24)/t16-/m0/s1. The molecule has 0 unspecified atom stereocenters. The van der Waals surface area contributed by atoms with Crippen LogP contribution < -0.4 is 14.4 Å². The second-order valence-corrected chi connectivity index (χ2v) is 8.78. The smallest absolute Gasteiger partial charge is 0.264 e. The molecule has 2 aromatic carbocycles. The van der Waals surface area contributed by atoms with Crippen LogP contribution in [0.5, 0.6) is 5.75 Å². The third kappa shape index (κ3) is 4.84. The van der Waals surface area contributed by atoms with E-state index in [1.807, 2.05) is 13.8 Å². The molecule has 1 amide bonds. The number of hydrogen-bond acceptors (Lipinski definition) is 4. The molecular formula is C21H28N2O4S. The number of benzene rings is 2. The Morgan fingerprint density at radius 3 is 2.39 bits per heavy atom. The highest BCUT2D eigenvalue weighted by Gasteiger charge is 2.23. The molecular weight excluding hydrogens is 376 g/mol. The molecule has 0 heterocycles. The van der Waals surface area contributed by atoms with Gasteiger partial charge in [-0.1, -0.05) is 19.4 Å². The average molecular weight is 405 g/mol. The van der Waals surface area contributed by atoms with E-state index in [0.717, 1.165) is 18.4 Å². The number of methoxy groups -OCH3 is 1. The second kappa shape index (κ2) is 9.10. The first kappa shape index (κ1) is 21.8. The summed E-state index contributed by atoms with van der Waals surface area (Å²) in [6.45, 7) is 5.83. The maximum atomic E-state index is 13.0. The van der Waals surface area contributed by atoms with Crippen LogP contribution in [0.15, 0.2) is 47.4 Å². The first-order chi connectivity index (χ1) is 13.2. The lowest BCUT2D eigenvalue weighted by molar-refractivity contribution is 0.0938. The van der Waals surface area contributed by atoms with E-state index in [0.29, 0.717) is 17.0 Å². The highest BCUT2D eigenvalue weighted by Crippen LogP contribution is 2.27. The van der Waals surface area contributed by atoms with Crippen molar-refractivity contribution in [3.8, 4) is 5.75 Å². The van der Waals surface area contributed by atoms with Gasteiger partial charge in [0.25, 0.3) is 15.9 Å². The van der Waals surface area contributed by atoms with Gasteiger partial charge in [0.15, 0.2) is 0 Å². The number of aryl methyl sites for hydroxylation is 1. The number of carbonyl (C=O) groups is 1. The number of nitrogens with one attached hydrogen (secondary N) is 1. The number of amides is 1. The fraction of sp³-hybridized carbons (Fsp3) is 0.381. The Hall–Kier alpha value is -2.54. The Kier molecular flexibility index (Phi) is 7.07. The summed E-state index contributed by atoms with van der Waals surface area (Å²) in [6.07, 6.45) is 1.86. The van der Waals surface area contributed by atoms with Crippen LogP contribution in [0.4, 0.5) is 5.69 Å². The Balaban J connectivity index is 2.33. The molecule has 0 radical (unpaired) electrons. The predicted molar refractivity (Wildman–Crippen MR) is 112 cm³/mol. The van der Waals surface area contributed by atoms with Gasteiger partial charge in [-0.2, -0.15) is 0 Å². The van der Waals surface area contributed by atoms with Crippen LogP contribution in [-0.2, 0) is 10.0 Å². The van der Waals surface area contributed by atoms with Gasteiger partial charge in [-0.05, 0) is 62.2 Å². The first-order valence-corrected chi connectivity index (χ1v) is 10.7. The molecule has 6 nitrogen and oxygen atoms in total. The quantitative estimate of drug-likeness (QED) is 0.727. The van der Waals surface area contributed by atoms with Gasteiger partial charge >= 0.3 is 0 Å². The fourth-order valence-electron chi connectivity index (χ4n) is 2.94. The molecule has 2 rings (SSSR count). The van der Waals surface area contributed by atoms with Crippen LogP contribution in [0.25, 0.3) is 0 Å². The van der Waals surface area contributed by atoms with Crippen molar-refractivity contribution in [1.82, 2.24) is 5.32 Å². The summed E-state index contributed by atoms with van der Waals surface area (Å²) in [5.41, 5.74) is 1.66. The van der Waals surface area contributed by atoms with Crippen molar-refractivity contribution in [3.63, 3.8) is 0 Å². The molecule has 7 heteroatoms. The highest BCUT2D eigenvalue weighted by atomic mass is 32.2. The SMILES string of the molecule is CCC[C@H](C)NC(=O)c1ccc(C)c(N(C)S(=O)(=O)c2ccc(OC)cc2)c1. The van der Waals surface area contributed by atoms with Crippen LogP contribution in [-0.4, -0.2) is 34.5 Å². The molecule has 0 aliphatic heterocycles. The third-order valence-corrected chi connectivity index (χ3v) is 6.41. The Morgan fingerprint density at radius 2 is 1.82 bits per heavy atom. The Morgan fingerprint density at radius 1 is 1.18 bits per heavy atom. The summed E-state index contributed by atoms with van der Waals surface area (Å²) in [6, 6.07) is 11.4. The first-order valence-electron chi connectivity index (χ1n) is 9.25. The maximum absolute atomic E-state index is 13.0. The van der Waals surface area contributed by atoms with Crippen molar-refractivity contribution in [2.75, 3.05) is 18.5 Å². The molecule has 0 spiro atoms. The van der Waals surface area contributed by atoms with E-state index in [9.17, 15) is 13.2 Å². The van der Waals surface area contributed by atoms with Crippen LogP contribution in [0.3, 0.4) is 0 Å². The van der Waals surface area contributed by atoms with Crippen molar-refractivity contribution in [3.05, 3.63) is 53.6 Å². The van der Waals surface area contributed by atoms with Gasteiger partial charge < -0.3 is 10.1 Å². The zero-order valence-electron chi connectivity index (χ0n) is 17.0. The molecule has 2 aromatic rings. The summed E-state index contributed by atoms with van der Waals surface area (Å²) in [5, 5.41) is 2.94. The Labute approximate surface area is 167 Å². The number of sulfonamides is 1. The van der Waals surface area contributed by atoms with Gasteiger partial charge in [0.1, 0.15) is 5.75 Å². The second-order valence-electron chi connectivity index (χ2n) is 6.81. The molecule has 0 aliphatic carbocycles. The average Bonchev–Trinajstić information content (AvgIpc) is 2.67. The minimum atomic E-state index is -3.77. The van der Waals surface area contributed by atoms with Gasteiger partial charge in [0, 0.05) is 18.7 Å². The molecule has 0 saturated heterocycles. The number of nitrogens with zero attached hydrogens (tertiary/aromatic N) is 1. The van der Waals surface area contributed by atoms with Crippen molar-refractivity contribution >= 4 is 21.6 Å². The monoisotopic (exact) mass is 404 g/mol. The van der Waals surface area contributed by atoms with E-state index >= 15 is 0 Å². The fourth-order valence-corrected chi connectivity index (χ4v) is 4.19. The van der Waals surface area contributed by atoms with Crippen molar-refractivity contribution in [2.24, 2.45) is 0 Å². The minimum Gasteiger partial charge on any atom is -0.497 e. The van der Waals surface area contributed by atoms with Crippen LogP contribution in [0, 0.1) is 6.92 Å². The molecule has 0 aromatic heterocycles. The molecule has 0 bridgehead atoms. The van der Waals surface area contributed by atoms with Crippen molar-refractivity contribution in [2.45, 2.75) is 44.6 Å². The topological polar surface area (TPSA) is 75.7 Å². The summed E-state index contributed by atoms with van der Waals surface area (Å²) in [5.74, 6) is 0.370. The summed E-state index contributed by atoms with van der Waals surface area (Å²) < 4.78 is 32.3. The van der Waals surface area contributed by atoms with Crippen LogP contribution in [0.2, 0.25) is 0 Å². The van der Waals surface area contributed by atoms with Gasteiger partial charge in [0.2, 0.25) is 0 Å². The lowest BCUT2D eigenvalue weighted by Gasteiger charge is -2.22. The largest absolute Gasteiger partial charge is 0.497 e.